The first-order valence-electron chi connectivity index (χ1n) is 5.85. The molecule has 1 fully saturated rings. The van der Waals surface area contributed by atoms with Crippen LogP contribution in [0.4, 0.5) is 4.39 Å². The van der Waals surface area contributed by atoms with Crippen LogP contribution < -0.4 is 5.32 Å². The van der Waals surface area contributed by atoms with Gasteiger partial charge >= 0.3 is 0 Å². The Morgan fingerprint density at radius 3 is 2.88 bits per heavy atom. The van der Waals surface area contributed by atoms with E-state index in [1.54, 1.807) is 0 Å². The molecular weight excluding hydrogens is 237 g/mol. The van der Waals surface area contributed by atoms with E-state index in [1.165, 1.54) is 18.2 Å². The summed E-state index contributed by atoms with van der Waals surface area (Å²) in [4.78, 5) is 12.5. The van der Waals surface area contributed by atoms with Gasteiger partial charge in [-0.05, 0) is 43.4 Å². The fraction of sp³-hybridized carbons (Fsp3) is 0.462. The first kappa shape index (κ1) is 12.4. The predicted octanol–water partition coefficient (Wildman–Crippen LogP) is 3.03. The number of nitrogens with one attached hydrogen (secondary N) is 1. The summed E-state index contributed by atoms with van der Waals surface area (Å²) in [6, 6.07) is 4.45. The van der Waals surface area contributed by atoms with Crippen molar-refractivity contribution < 1.29 is 9.18 Å². The van der Waals surface area contributed by atoms with Gasteiger partial charge in [0.05, 0.1) is 5.56 Å². The molecule has 0 bridgehead atoms. The molecule has 0 heterocycles. The maximum atomic E-state index is 13.5. The van der Waals surface area contributed by atoms with Crippen molar-refractivity contribution in [1.29, 1.82) is 0 Å². The van der Waals surface area contributed by atoms with Crippen LogP contribution in [0.5, 0.6) is 0 Å². The van der Waals surface area contributed by atoms with Gasteiger partial charge in [-0.2, -0.15) is 0 Å². The number of carbonyl (C=O) groups is 1. The Kier molecular flexibility index (Phi) is 3.72. The van der Waals surface area contributed by atoms with E-state index < -0.39 is 5.82 Å². The Hall–Kier alpha value is -1.03. The van der Waals surface area contributed by atoms with Gasteiger partial charge in [0.2, 0.25) is 0 Å². The third-order valence-electron chi connectivity index (χ3n) is 3.22. The van der Waals surface area contributed by atoms with E-state index in [0.717, 1.165) is 19.3 Å². The fourth-order valence-corrected chi connectivity index (χ4v) is 2.49. The second kappa shape index (κ2) is 5.08. The molecule has 1 aliphatic rings. The molecule has 1 aliphatic carbocycles. The molecule has 4 heteroatoms. The Labute approximate surface area is 106 Å². The number of halogens is 1. The number of carbonyl (C=O) groups excluding carboxylic acids is 1. The first-order valence-corrected chi connectivity index (χ1v) is 6.30. The molecule has 0 radical (unpaired) electrons. The van der Waals surface area contributed by atoms with E-state index in [0.29, 0.717) is 10.8 Å². The highest BCUT2D eigenvalue weighted by molar-refractivity contribution is 7.80. The SMILES string of the molecule is CC1CCC(NC(=O)c2cc(S)ccc2F)C1. The highest BCUT2D eigenvalue weighted by Gasteiger charge is 2.24. The Bertz CT molecular complexity index is 435. The normalized spacial score (nSPS) is 23.7. The number of hydrogen-bond acceptors (Lipinski definition) is 2. The van der Waals surface area contributed by atoms with Gasteiger partial charge < -0.3 is 5.32 Å². The summed E-state index contributed by atoms with van der Waals surface area (Å²) in [5.74, 6) is -0.190. The Balaban J connectivity index is 2.06. The zero-order valence-corrected chi connectivity index (χ0v) is 10.6. The maximum absolute atomic E-state index is 13.5. The van der Waals surface area contributed by atoms with Crippen LogP contribution in [-0.4, -0.2) is 11.9 Å². The van der Waals surface area contributed by atoms with Crippen LogP contribution in [0, 0.1) is 11.7 Å². The largest absolute Gasteiger partial charge is 0.349 e. The van der Waals surface area contributed by atoms with Crippen LogP contribution in [-0.2, 0) is 0 Å². The molecule has 1 aromatic rings. The monoisotopic (exact) mass is 253 g/mol. The predicted molar refractivity (Wildman–Crippen MR) is 67.9 cm³/mol. The number of thiol groups is 1. The van der Waals surface area contributed by atoms with Gasteiger partial charge in [-0.15, -0.1) is 12.6 Å². The summed E-state index contributed by atoms with van der Waals surface area (Å²) in [6.07, 6.45) is 3.09. The van der Waals surface area contributed by atoms with Crippen molar-refractivity contribution >= 4 is 18.5 Å². The number of amides is 1. The Morgan fingerprint density at radius 1 is 1.47 bits per heavy atom. The van der Waals surface area contributed by atoms with Crippen molar-refractivity contribution in [3.05, 3.63) is 29.6 Å². The molecule has 0 saturated heterocycles. The lowest BCUT2D eigenvalue weighted by Crippen LogP contribution is -2.33. The van der Waals surface area contributed by atoms with E-state index >= 15 is 0 Å². The zero-order valence-electron chi connectivity index (χ0n) is 9.74. The van der Waals surface area contributed by atoms with Gasteiger partial charge in [-0.3, -0.25) is 4.79 Å². The maximum Gasteiger partial charge on any atom is 0.254 e. The molecule has 2 rings (SSSR count). The standard InChI is InChI=1S/C13H16FNOS/c1-8-2-3-9(6-8)15-13(16)11-7-10(17)4-5-12(11)14/h4-5,7-9,17H,2-3,6H2,1H3,(H,15,16). The summed E-state index contributed by atoms with van der Waals surface area (Å²) in [5.41, 5.74) is 0.0806. The quantitative estimate of drug-likeness (QED) is 0.779. The van der Waals surface area contributed by atoms with Crippen molar-refractivity contribution in [2.24, 2.45) is 5.92 Å². The molecule has 1 aromatic carbocycles. The number of rotatable bonds is 2. The van der Waals surface area contributed by atoms with Crippen molar-refractivity contribution in [3.8, 4) is 0 Å². The zero-order chi connectivity index (χ0) is 12.4. The average molecular weight is 253 g/mol. The van der Waals surface area contributed by atoms with E-state index in [1.807, 2.05) is 0 Å². The third kappa shape index (κ3) is 3.00. The molecule has 2 unspecified atom stereocenters. The van der Waals surface area contributed by atoms with Gasteiger partial charge in [-0.25, -0.2) is 4.39 Å². The van der Waals surface area contributed by atoms with Crippen LogP contribution in [0.15, 0.2) is 23.1 Å². The van der Waals surface area contributed by atoms with Gasteiger partial charge in [0.25, 0.3) is 5.91 Å². The van der Waals surface area contributed by atoms with E-state index in [9.17, 15) is 9.18 Å². The second-order valence-electron chi connectivity index (χ2n) is 4.75. The minimum Gasteiger partial charge on any atom is -0.349 e. The molecule has 1 N–H and O–H groups in total. The van der Waals surface area contributed by atoms with Crippen molar-refractivity contribution in [2.45, 2.75) is 37.1 Å². The summed E-state index contributed by atoms with van der Waals surface area (Å²) < 4.78 is 13.5. The van der Waals surface area contributed by atoms with Crippen LogP contribution in [0.2, 0.25) is 0 Å². The summed E-state index contributed by atoms with van der Waals surface area (Å²) in [7, 11) is 0. The molecule has 92 valence electrons. The molecule has 0 aromatic heterocycles. The topological polar surface area (TPSA) is 29.1 Å². The lowest BCUT2D eigenvalue weighted by molar-refractivity contribution is 0.0933. The smallest absolute Gasteiger partial charge is 0.254 e. The summed E-state index contributed by atoms with van der Waals surface area (Å²) in [6.45, 7) is 2.17. The first-order chi connectivity index (χ1) is 8.06. The van der Waals surface area contributed by atoms with Gasteiger partial charge in [-0.1, -0.05) is 6.92 Å². The summed E-state index contributed by atoms with van der Waals surface area (Å²) in [5, 5.41) is 2.88. The van der Waals surface area contributed by atoms with Crippen LogP contribution >= 0.6 is 12.6 Å². The molecule has 2 atom stereocenters. The minimum atomic E-state index is -0.494. The van der Waals surface area contributed by atoms with Crippen LogP contribution in [0.1, 0.15) is 36.5 Å². The molecule has 17 heavy (non-hydrogen) atoms. The van der Waals surface area contributed by atoms with E-state index in [4.69, 9.17) is 0 Å². The molecule has 1 amide bonds. The van der Waals surface area contributed by atoms with E-state index in [-0.39, 0.29) is 17.5 Å². The molecule has 0 spiro atoms. The molecule has 0 aliphatic heterocycles. The number of hydrogen-bond donors (Lipinski definition) is 2. The average Bonchev–Trinajstić information content (AvgIpc) is 2.67. The minimum absolute atomic E-state index is 0.0806. The van der Waals surface area contributed by atoms with Gasteiger partial charge in [0.1, 0.15) is 5.82 Å². The van der Waals surface area contributed by atoms with Crippen molar-refractivity contribution in [2.75, 3.05) is 0 Å². The molecule has 2 nitrogen and oxygen atoms in total. The molecular formula is C13H16FNOS. The fourth-order valence-electron chi connectivity index (χ4n) is 2.29. The second-order valence-corrected chi connectivity index (χ2v) is 5.27. The van der Waals surface area contributed by atoms with Gasteiger partial charge in [0.15, 0.2) is 0 Å². The Morgan fingerprint density at radius 2 is 2.24 bits per heavy atom. The van der Waals surface area contributed by atoms with Crippen molar-refractivity contribution in [1.82, 2.24) is 5.32 Å². The van der Waals surface area contributed by atoms with Crippen molar-refractivity contribution in [3.63, 3.8) is 0 Å². The highest BCUT2D eigenvalue weighted by Crippen LogP contribution is 2.25. The van der Waals surface area contributed by atoms with Crippen LogP contribution in [0.3, 0.4) is 0 Å². The lowest BCUT2D eigenvalue weighted by atomic mass is 10.1. The lowest BCUT2D eigenvalue weighted by Gasteiger charge is -2.13. The number of benzene rings is 1. The highest BCUT2D eigenvalue weighted by atomic mass is 32.1. The van der Waals surface area contributed by atoms with E-state index in [2.05, 4.69) is 24.9 Å². The third-order valence-corrected chi connectivity index (χ3v) is 3.50. The van der Waals surface area contributed by atoms with Crippen LogP contribution in [0.25, 0.3) is 0 Å². The van der Waals surface area contributed by atoms with Gasteiger partial charge in [0, 0.05) is 10.9 Å². The summed E-state index contributed by atoms with van der Waals surface area (Å²) >= 11 is 4.11. The molecule has 1 saturated carbocycles.